The Morgan fingerprint density at radius 1 is 0.565 bits per heavy atom. The van der Waals surface area contributed by atoms with E-state index >= 15 is 0 Å². The third kappa shape index (κ3) is 7.47. The van der Waals surface area contributed by atoms with E-state index in [2.05, 4.69) is 207 Å². The molecule has 310 valence electrons. The number of anilines is 4. The number of hydrogen-bond donors (Lipinski definition) is 0. The van der Waals surface area contributed by atoms with E-state index in [4.69, 9.17) is 9.72 Å². The minimum atomic E-state index is -0.0754. The molecule has 0 radical (unpaired) electrons. The van der Waals surface area contributed by atoms with Crippen molar-refractivity contribution in [2.45, 2.75) is 52.4 Å². The summed E-state index contributed by atoms with van der Waals surface area (Å²) in [5, 5.41) is 2.22. The van der Waals surface area contributed by atoms with Crippen LogP contribution in [0.15, 0.2) is 164 Å². The van der Waals surface area contributed by atoms with Crippen molar-refractivity contribution in [2.75, 3.05) is 9.80 Å². The molecular weight excluding hydrogens is 942 g/mol. The first-order valence-electron chi connectivity index (χ1n) is 20.8. The van der Waals surface area contributed by atoms with E-state index in [0.29, 0.717) is 11.5 Å². The van der Waals surface area contributed by atoms with Gasteiger partial charge in [-0.25, -0.2) is 4.98 Å². The van der Waals surface area contributed by atoms with Crippen molar-refractivity contribution in [3.63, 3.8) is 0 Å². The van der Waals surface area contributed by atoms with Crippen molar-refractivity contribution in [3.8, 4) is 39.6 Å². The molecule has 6 aromatic carbocycles. The molecule has 0 saturated carbocycles. The molecule has 0 saturated heterocycles. The van der Waals surface area contributed by atoms with Gasteiger partial charge in [0.05, 0.1) is 11.9 Å². The van der Waals surface area contributed by atoms with Gasteiger partial charge in [-0.1, -0.05) is 126 Å². The van der Waals surface area contributed by atoms with Gasteiger partial charge in [0.2, 0.25) is 0 Å². The zero-order chi connectivity index (χ0) is 41.9. The van der Waals surface area contributed by atoms with E-state index in [9.17, 15) is 0 Å². The summed E-state index contributed by atoms with van der Waals surface area (Å²) in [7, 11) is 0. The van der Waals surface area contributed by atoms with Gasteiger partial charge in [0.1, 0.15) is 5.82 Å². The fourth-order valence-corrected chi connectivity index (χ4v) is 8.31. The van der Waals surface area contributed by atoms with Crippen LogP contribution in [0.3, 0.4) is 0 Å². The molecule has 0 aliphatic carbocycles. The van der Waals surface area contributed by atoms with E-state index in [1.54, 1.807) is 0 Å². The summed E-state index contributed by atoms with van der Waals surface area (Å²) in [6.45, 7) is 15.7. The quantitative estimate of drug-likeness (QED) is 0.149. The largest absolute Gasteiger partial charge is 0.509 e. The SMILES string of the molecule is CC(C)(C)c1ccnc(-n2c3[c-]c(Oc4[c-]c(N5[CH-]N(c6c(-c7ccccc7)cc(C(C)(C)C)cc6-c6ccccc6)c6cnccc65)ccc4)ccc3c3ccccc32)c1.[Pt]. The fourth-order valence-electron chi connectivity index (χ4n) is 8.31. The molecule has 9 aromatic rings. The van der Waals surface area contributed by atoms with E-state index in [-0.39, 0.29) is 31.9 Å². The summed E-state index contributed by atoms with van der Waals surface area (Å²) in [5.74, 6) is 2.02. The molecule has 0 bridgehead atoms. The van der Waals surface area contributed by atoms with Crippen molar-refractivity contribution < 1.29 is 25.8 Å². The predicted molar refractivity (Wildman–Crippen MR) is 250 cm³/mol. The Bertz CT molecular complexity index is 3010. The van der Waals surface area contributed by atoms with Crippen molar-refractivity contribution in [1.82, 2.24) is 14.5 Å². The summed E-state index contributed by atoms with van der Waals surface area (Å²) in [6.07, 6.45) is 5.69. The average molecular weight is 988 g/mol. The van der Waals surface area contributed by atoms with Gasteiger partial charge in [0, 0.05) is 73.0 Å². The monoisotopic (exact) mass is 987 g/mol. The van der Waals surface area contributed by atoms with Gasteiger partial charge in [-0.05, 0) is 74.9 Å². The Morgan fingerprint density at radius 2 is 1.23 bits per heavy atom. The molecule has 3 aromatic heterocycles. The van der Waals surface area contributed by atoms with Crippen LogP contribution in [-0.2, 0) is 31.9 Å². The molecule has 10 rings (SSSR count). The molecule has 0 spiro atoms. The molecule has 6 nitrogen and oxygen atoms in total. The van der Waals surface area contributed by atoms with Crippen LogP contribution in [-0.4, -0.2) is 14.5 Å². The van der Waals surface area contributed by atoms with Gasteiger partial charge in [-0.3, -0.25) is 4.98 Å². The zero-order valence-electron chi connectivity index (χ0n) is 35.6. The Hall–Kier alpha value is -6.49. The first kappa shape index (κ1) is 40.9. The molecule has 7 heteroatoms. The second-order valence-electron chi connectivity index (χ2n) is 17.7. The third-order valence-electron chi connectivity index (χ3n) is 11.5. The summed E-state index contributed by atoms with van der Waals surface area (Å²) in [6, 6.07) is 58.2. The van der Waals surface area contributed by atoms with Crippen LogP contribution >= 0.6 is 0 Å². The first-order chi connectivity index (χ1) is 29.5. The summed E-state index contributed by atoms with van der Waals surface area (Å²) >= 11 is 0. The number of pyridine rings is 2. The van der Waals surface area contributed by atoms with Crippen LogP contribution in [0.4, 0.5) is 22.7 Å². The maximum Gasteiger partial charge on any atom is 0.135 e. The molecule has 0 fully saturated rings. The van der Waals surface area contributed by atoms with Gasteiger partial charge < -0.3 is 19.1 Å². The molecule has 1 aliphatic heterocycles. The smallest absolute Gasteiger partial charge is 0.135 e. The van der Waals surface area contributed by atoms with E-state index in [1.165, 1.54) is 11.1 Å². The standard InChI is InChI=1S/C55H46N5O.Pt/c1-54(2,3)39-26-29-57-52(32-39)60-48-23-14-13-22-44(48)45-25-24-43(34-50(45)60)61-42-21-15-20-41(33-42)58-36-59(51-35-56-28-27-49(51)58)53-46(37-16-9-7-10-17-37)30-40(55(4,5)6)31-47(53)38-18-11-8-12-19-38;/h7-32,35-36H,1-6H3;/q-3;. The normalized spacial score (nSPS) is 12.7. The second-order valence-corrected chi connectivity index (χ2v) is 17.7. The Morgan fingerprint density at radius 3 is 1.92 bits per heavy atom. The molecule has 0 atom stereocenters. The van der Waals surface area contributed by atoms with Crippen molar-refractivity contribution in [3.05, 3.63) is 194 Å². The molecule has 4 heterocycles. The Balaban J connectivity index is 0.00000490. The molecule has 1 aliphatic rings. The molecule has 0 unspecified atom stereocenters. The summed E-state index contributed by atoms with van der Waals surface area (Å²) < 4.78 is 8.83. The van der Waals surface area contributed by atoms with Gasteiger partial charge in [0.15, 0.2) is 0 Å². The number of nitrogens with zero attached hydrogens (tertiary/aromatic N) is 5. The average Bonchev–Trinajstić information content (AvgIpc) is 3.82. The van der Waals surface area contributed by atoms with Crippen molar-refractivity contribution in [2.24, 2.45) is 0 Å². The number of aromatic nitrogens is 3. The Labute approximate surface area is 378 Å². The molecule has 0 N–H and O–H groups in total. The fraction of sp³-hybridized carbons (Fsp3) is 0.145. The topological polar surface area (TPSA) is 46.4 Å². The van der Waals surface area contributed by atoms with Gasteiger partial charge >= 0.3 is 0 Å². The number of ether oxygens (including phenoxy) is 1. The maximum absolute atomic E-state index is 6.64. The van der Waals surface area contributed by atoms with Crippen LogP contribution < -0.4 is 14.5 Å². The number of benzene rings is 6. The van der Waals surface area contributed by atoms with Gasteiger partial charge in [-0.15, -0.1) is 48.1 Å². The Kier molecular flexibility index (Phi) is 10.6. The third-order valence-corrected chi connectivity index (χ3v) is 11.5. The van der Waals surface area contributed by atoms with E-state index in [0.717, 1.165) is 72.6 Å². The van der Waals surface area contributed by atoms with Crippen molar-refractivity contribution >= 4 is 44.6 Å². The van der Waals surface area contributed by atoms with E-state index < -0.39 is 0 Å². The molecule has 0 amide bonds. The number of fused-ring (bicyclic) bond motifs is 4. The zero-order valence-corrected chi connectivity index (χ0v) is 37.9. The van der Waals surface area contributed by atoms with Crippen LogP contribution in [0, 0.1) is 18.8 Å². The number of para-hydroxylation sites is 1. The maximum atomic E-state index is 6.64. The van der Waals surface area contributed by atoms with Gasteiger partial charge in [-0.2, -0.15) is 12.1 Å². The first-order valence-corrected chi connectivity index (χ1v) is 20.8. The van der Waals surface area contributed by atoms with E-state index in [1.807, 2.05) is 36.8 Å². The van der Waals surface area contributed by atoms with Gasteiger partial charge in [0.25, 0.3) is 0 Å². The summed E-state index contributed by atoms with van der Waals surface area (Å²) in [5.41, 5.74) is 12.8. The molecular formula is C55H46N5OPt-3. The second kappa shape index (κ2) is 16.1. The van der Waals surface area contributed by atoms with Crippen LogP contribution in [0.2, 0.25) is 0 Å². The minimum Gasteiger partial charge on any atom is -0.509 e. The number of hydrogen-bond acceptors (Lipinski definition) is 5. The predicted octanol–water partition coefficient (Wildman–Crippen LogP) is 14.3. The summed E-state index contributed by atoms with van der Waals surface area (Å²) in [4.78, 5) is 13.9. The molecule has 62 heavy (non-hydrogen) atoms. The number of rotatable bonds is 7. The van der Waals surface area contributed by atoms with Crippen LogP contribution in [0.25, 0.3) is 49.9 Å². The van der Waals surface area contributed by atoms with Crippen molar-refractivity contribution in [1.29, 1.82) is 0 Å². The van der Waals surface area contributed by atoms with Crippen LogP contribution in [0.1, 0.15) is 52.7 Å². The minimum absolute atomic E-state index is 0. The van der Waals surface area contributed by atoms with Crippen LogP contribution in [0.5, 0.6) is 11.5 Å².